The van der Waals surface area contributed by atoms with Crippen LogP contribution in [0.25, 0.3) is 0 Å². The zero-order chi connectivity index (χ0) is 13.1. The summed E-state index contributed by atoms with van der Waals surface area (Å²) in [6.07, 6.45) is 0. The third-order valence-electron chi connectivity index (χ3n) is 2.90. The third kappa shape index (κ3) is 2.85. The topological polar surface area (TPSA) is 32.3 Å². The molecular formula is C15H16BrNO. The van der Waals surface area contributed by atoms with E-state index in [0.717, 1.165) is 15.7 Å². The Bertz CT molecular complexity index is 554. The molecule has 1 atom stereocenters. The first-order chi connectivity index (χ1) is 8.58. The molecule has 0 aliphatic carbocycles. The predicted octanol–water partition coefficient (Wildman–Crippen LogP) is 4.64. The van der Waals surface area contributed by atoms with Crippen LogP contribution in [0.5, 0.6) is 5.75 Å². The van der Waals surface area contributed by atoms with Crippen LogP contribution in [0, 0.1) is 6.92 Å². The van der Waals surface area contributed by atoms with E-state index in [9.17, 15) is 5.11 Å². The maximum Gasteiger partial charge on any atom is 0.120 e. The van der Waals surface area contributed by atoms with Crippen LogP contribution in [-0.2, 0) is 0 Å². The number of hydrogen-bond donors (Lipinski definition) is 2. The number of rotatable bonds is 3. The van der Waals surface area contributed by atoms with E-state index in [0.29, 0.717) is 5.75 Å². The van der Waals surface area contributed by atoms with Crippen LogP contribution >= 0.6 is 15.9 Å². The van der Waals surface area contributed by atoms with E-state index in [1.54, 1.807) is 6.07 Å². The number of aromatic hydroxyl groups is 1. The zero-order valence-corrected chi connectivity index (χ0v) is 12.0. The molecule has 94 valence electrons. The number of phenols is 1. The molecular weight excluding hydrogens is 290 g/mol. The molecule has 0 radical (unpaired) electrons. The number of halogens is 1. The fourth-order valence-electron chi connectivity index (χ4n) is 1.90. The summed E-state index contributed by atoms with van der Waals surface area (Å²) in [5.41, 5.74) is 3.13. The SMILES string of the molecule is Cc1ccc(NC(C)c2ccccc2O)c(Br)c1. The summed E-state index contributed by atoms with van der Waals surface area (Å²) in [6, 6.07) is 13.6. The van der Waals surface area contributed by atoms with Gasteiger partial charge in [0.25, 0.3) is 0 Å². The minimum absolute atomic E-state index is 0.0465. The summed E-state index contributed by atoms with van der Waals surface area (Å²) < 4.78 is 1.03. The van der Waals surface area contributed by atoms with Crippen molar-refractivity contribution in [3.05, 3.63) is 58.1 Å². The zero-order valence-electron chi connectivity index (χ0n) is 10.4. The first-order valence-electron chi connectivity index (χ1n) is 5.88. The fraction of sp³-hybridized carbons (Fsp3) is 0.200. The third-order valence-corrected chi connectivity index (χ3v) is 3.56. The van der Waals surface area contributed by atoms with Crippen molar-refractivity contribution in [1.29, 1.82) is 0 Å². The average Bonchev–Trinajstić information content (AvgIpc) is 2.33. The summed E-state index contributed by atoms with van der Waals surface area (Å²) in [4.78, 5) is 0. The van der Waals surface area contributed by atoms with Gasteiger partial charge in [-0.15, -0.1) is 0 Å². The van der Waals surface area contributed by atoms with Crippen molar-refractivity contribution < 1.29 is 5.11 Å². The highest BCUT2D eigenvalue weighted by Crippen LogP contribution is 2.30. The smallest absolute Gasteiger partial charge is 0.120 e. The minimum Gasteiger partial charge on any atom is -0.508 e. The monoisotopic (exact) mass is 305 g/mol. The Morgan fingerprint density at radius 1 is 1.17 bits per heavy atom. The quantitative estimate of drug-likeness (QED) is 0.866. The van der Waals surface area contributed by atoms with Crippen LogP contribution in [-0.4, -0.2) is 5.11 Å². The lowest BCUT2D eigenvalue weighted by Crippen LogP contribution is -2.07. The predicted molar refractivity (Wildman–Crippen MR) is 79.0 cm³/mol. The van der Waals surface area contributed by atoms with Crippen molar-refractivity contribution in [2.24, 2.45) is 0 Å². The highest BCUT2D eigenvalue weighted by molar-refractivity contribution is 9.10. The fourth-order valence-corrected chi connectivity index (χ4v) is 2.51. The molecule has 18 heavy (non-hydrogen) atoms. The number of anilines is 1. The maximum absolute atomic E-state index is 9.82. The standard InChI is InChI=1S/C15H16BrNO/c1-10-7-8-14(13(16)9-10)17-11(2)12-5-3-4-6-15(12)18/h3-9,11,17-18H,1-2H3. The Morgan fingerprint density at radius 3 is 2.56 bits per heavy atom. The van der Waals surface area contributed by atoms with E-state index in [2.05, 4.69) is 40.3 Å². The van der Waals surface area contributed by atoms with Crippen molar-refractivity contribution in [3.63, 3.8) is 0 Å². The first-order valence-corrected chi connectivity index (χ1v) is 6.68. The Kier molecular flexibility index (Phi) is 3.92. The summed E-state index contributed by atoms with van der Waals surface area (Å²) >= 11 is 3.54. The Hall–Kier alpha value is -1.48. The molecule has 0 bridgehead atoms. The van der Waals surface area contributed by atoms with Gasteiger partial charge in [0.1, 0.15) is 5.75 Å². The van der Waals surface area contributed by atoms with Gasteiger partial charge in [-0.25, -0.2) is 0 Å². The van der Waals surface area contributed by atoms with Gasteiger partial charge in [-0.1, -0.05) is 24.3 Å². The van der Waals surface area contributed by atoms with Crippen LogP contribution < -0.4 is 5.32 Å². The van der Waals surface area contributed by atoms with Gasteiger partial charge >= 0.3 is 0 Å². The molecule has 0 fully saturated rings. The molecule has 2 rings (SSSR count). The highest BCUT2D eigenvalue weighted by atomic mass is 79.9. The van der Waals surface area contributed by atoms with Gasteiger partial charge < -0.3 is 10.4 Å². The number of phenolic OH excluding ortho intramolecular Hbond substituents is 1. The molecule has 2 aromatic rings. The van der Waals surface area contributed by atoms with E-state index in [1.807, 2.05) is 31.2 Å². The lowest BCUT2D eigenvalue weighted by Gasteiger charge is -2.18. The molecule has 0 aromatic heterocycles. The molecule has 0 saturated carbocycles. The van der Waals surface area contributed by atoms with Crippen molar-refractivity contribution in [1.82, 2.24) is 0 Å². The molecule has 2 N–H and O–H groups in total. The number of aryl methyl sites for hydroxylation is 1. The van der Waals surface area contributed by atoms with Crippen molar-refractivity contribution in [3.8, 4) is 5.75 Å². The van der Waals surface area contributed by atoms with Crippen LogP contribution in [0.15, 0.2) is 46.9 Å². The van der Waals surface area contributed by atoms with Gasteiger partial charge in [-0.2, -0.15) is 0 Å². The first kappa shape index (κ1) is 13.0. The maximum atomic E-state index is 9.82. The van der Waals surface area contributed by atoms with Crippen molar-refractivity contribution in [2.75, 3.05) is 5.32 Å². The van der Waals surface area contributed by atoms with Gasteiger partial charge in [0.05, 0.1) is 6.04 Å². The summed E-state index contributed by atoms with van der Waals surface area (Å²) in [5.74, 6) is 0.320. The van der Waals surface area contributed by atoms with Crippen LogP contribution in [0.1, 0.15) is 24.1 Å². The second-order valence-corrected chi connectivity index (χ2v) is 5.26. The van der Waals surface area contributed by atoms with E-state index in [1.165, 1.54) is 5.56 Å². The minimum atomic E-state index is 0.0465. The van der Waals surface area contributed by atoms with Crippen molar-refractivity contribution >= 4 is 21.6 Å². The second-order valence-electron chi connectivity index (χ2n) is 4.41. The number of para-hydroxylation sites is 1. The van der Waals surface area contributed by atoms with Gasteiger partial charge in [0, 0.05) is 15.7 Å². The van der Waals surface area contributed by atoms with E-state index in [-0.39, 0.29) is 6.04 Å². The lowest BCUT2D eigenvalue weighted by molar-refractivity contribution is 0.465. The molecule has 2 aromatic carbocycles. The summed E-state index contributed by atoms with van der Waals surface area (Å²) in [7, 11) is 0. The number of nitrogens with one attached hydrogen (secondary N) is 1. The average molecular weight is 306 g/mol. The number of hydrogen-bond acceptors (Lipinski definition) is 2. The van der Waals surface area contributed by atoms with Gasteiger partial charge in [-0.3, -0.25) is 0 Å². The van der Waals surface area contributed by atoms with Crippen molar-refractivity contribution in [2.45, 2.75) is 19.9 Å². The lowest BCUT2D eigenvalue weighted by atomic mass is 10.1. The van der Waals surface area contributed by atoms with E-state index < -0.39 is 0 Å². The Labute approximate surface area is 116 Å². The Balaban J connectivity index is 2.21. The molecule has 3 heteroatoms. The molecule has 0 spiro atoms. The van der Waals surface area contributed by atoms with Gasteiger partial charge in [0.2, 0.25) is 0 Å². The summed E-state index contributed by atoms with van der Waals surface area (Å²) in [5, 5.41) is 13.2. The molecule has 0 saturated heterocycles. The second kappa shape index (κ2) is 5.44. The van der Waals surface area contributed by atoms with E-state index in [4.69, 9.17) is 0 Å². The van der Waals surface area contributed by atoms with Crippen LogP contribution in [0.3, 0.4) is 0 Å². The molecule has 0 aliphatic heterocycles. The highest BCUT2D eigenvalue weighted by Gasteiger charge is 2.10. The largest absolute Gasteiger partial charge is 0.508 e. The van der Waals surface area contributed by atoms with E-state index >= 15 is 0 Å². The van der Waals surface area contributed by atoms with Gasteiger partial charge in [0.15, 0.2) is 0 Å². The molecule has 0 heterocycles. The summed E-state index contributed by atoms with van der Waals surface area (Å²) in [6.45, 7) is 4.09. The number of benzene rings is 2. The molecule has 1 unspecified atom stereocenters. The molecule has 0 amide bonds. The molecule has 0 aliphatic rings. The Morgan fingerprint density at radius 2 is 1.89 bits per heavy atom. The van der Waals surface area contributed by atoms with Gasteiger partial charge in [-0.05, 0) is 53.5 Å². The normalized spacial score (nSPS) is 12.2. The molecule has 2 nitrogen and oxygen atoms in total. The van der Waals surface area contributed by atoms with Crippen LogP contribution in [0.4, 0.5) is 5.69 Å². The van der Waals surface area contributed by atoms with Crippen LogP contribution in [0.2, 0.25) is 0 Å².